The van der Waals surface area contributed by atoms with Crippen molar-refractivity contribution in [3.8, 4) is 5.75 Å². The summed E-state index contributed by atoms with van der Waals surface area (Å²) in [7, 11) is 1.61. The van der Waals surface area contributed by atoms with Crippen LogP contribution in [0, 0.1) is 0 Å². The maximum Gasteiger partial charge on any atom is 0.258 e. The van der Waals surface area contributed by atoms with Gasteiger partial charge >= 0.3 is 0 Å². The van der Waals surface area contributed by atoms with E-state index in [1.54, 1.807) is 12.0 Å². The third-order valence-electron chi connectivity index (χ3n) is 4.90. The van der Waals surface area contributed by atoms with E-state index in [-0.39, 0.29) is 18.2 Å². The Kier molecular flexibility index (Phi) is 4.28. The van der Waals surface area contributed by atoms with Gasteiger partial charge < -0.3 is 15.0 Å². The van der Waals surface area contributed by atoms with Crippen molar-refractivity contribution in [3.63, 3.8) is 0 Å². The standard InChI is InChI=1S/C22H20N2O3/c1-3-24-19-12-11-18(16-5-4-6-17(21(16)19)22(24)26)23-20(25)13-14-7-9-15(27-2)10-8-14/h4-12H,3,13H2,1-2H3,(H,23,25). The molecular formula is C22H20N2O3. The summed E-state index contributed by atoms with van der Waals surface area (Å²) in [4.78, 5) is 26.9. The number of nitrogens with one attached hydrogen (secondary N) is 1. The van der Waals surface area contributed by atoms with E-state index < -0.39 is 0 Å². The van der Waals surface area contributed by atoms with Crippen LogP contribution in [0.1, 0.15) is 22.8 Å². The molecule has 1 aliphatic rings. The van der Waals surface area contributed by atoms with Gasteiger partial charge in [-0.3, -0.25) is 9.59 Å². The second-order valence-corrected chi connectivity index (χ2v) is 6.48. The molecule has 27 heavy (non-hydrogen) atoms. The van der Waals surface area contributed by atoms with Gasteiger partial charge in [0, 0.05) is 28.6 Å². The molecule has 136 valence electrons. The van der Waals surface area contributed by atoms with Crippen LogP contribution in [-0.4, -0.2) is 25.5 Å². The Labute approximate surface area is 157 Å². The lowest BCUT2D eigenvalue weighted by Gasteiger charge is -2.15. The minimum atomic E-state index is -0.0995. The molecular weight excluding hydrogens is 340 g/mol. The van der Waals surface area contributed by atoms with Crippen molar-refractivity contribution < 1.29 is 14.3 Å². The fourth-order valence-electron chi connectivity index (χ4n) is 3.59. The molecule has 5 heteroatoms. The fourth-order valence-corrected chi connectivity index (χ4v) is 3.59. The van der Waals surface area contributed by atoms with E-state index in [1.807, 2.05) is 61.5 Å². The first-order valence-electron chi connectivity index (χ1n) is 8.92. The maximum atomic E-state index is 12.6. The summed E-state index contributed by atoms with van der Waals surface area (Å²) in [5.41, 5.74) is 3.23. The van der Waals surface area contributed by atoms with Crippen molar-refractivity contribution in [2.75, 3.05) is 23.9 Å². The van der Waals surface area contributed by atoms with Gasteiger partial charge in [-0.2, -0.15) is 0 Å². The molecule has 2 amide bonds. The highest BCUT2D eigenvalue weighted by Gasteiger charge is 2.29. The number of hydrogen-bond acceptors (Lipinski definition) is 3. The average molecular weight is 360 g/mol. The summed E-state index contributed by atoms with van der Waals surface area (Å²) >= 11 is 0. The zero-order valence-corrected chi connectivity index (χ0v) is 15.3. The number of benzene rings is 3. The van der Waals surface area contributed by atoms with Gasteiger partial charge in [-0.1, -0.05) is 24.3 Å². The fraction of sp³-hybridized carbons (Fsp3) is 0.182. The third kappa shape index (κ3) is 2.91. The van der Waals surface area contributed by atoms with Crippen LogP contribution in [-0.2, 0) is 11.2 Å². The number of nitrogens with zero attached hydrogens (tertiary/aromatic N) is 1. The van der Waals surface area contributed by atoms with Crippen LogP contribution in [0.5, 0.6) is 5.75 Å². The Morgan fingerprint density at radius 2 is 1.85 bits per heavy atom. The van der Waals surface area contributed by atoms with Gasteiger partial charge in [-0.15, -0.1) is 0 Å². The van der Waals surface area contributed by atoms with Gasteiger partial charge in [-0.25, -0.2) is 0 Å². The number of rotatable bonds is 5. The quantitative estimate of drug-likeness (QED) is 0.748. The van der Waals surface area contributed by atoms with Crippen LogP contribution in [0.2, 0.25) is 0 Å². The maximum absolute atomic E-state index is 12.6. The predicted octanol–water partition coefficient (Wildman–Crippen LogP) is 4.01. The Morgan fingerprint density at radius 3 is 2.56 bits per heavy atom. The molecule has 1 heterocycles. The first kappa shape index (κ1) is 17.1. The number of methoxy groups -OCH3 is 1. The first-order valence-corrected chi connectivity index (χ1v) is 8.92. The second-order valence-electron chi connectivity index (χ2n) is 6.48. The smallest absolute Gasteiger partial charge is 0.258 e. The van der Waals surface area contributed by atoms with E-state index in [2.05, 4.69) is 5.32 Å². The van der Waals surface area contributed by atoms with E-state index in [4.69, 9.17) is 4.74 Å². The molecule has 3 aromatic rings. The van der Waals surface area contributed by atoms with Crippen LogP contribution in [0.15, 0.2) is 54.6 Å². The highest BCUT2D eigenvalue weighted by atomic mass is 16.5. The van der Waals surface area contributed by atoms with Crippen LogP contribution in [0.4, 0.5) is 11.4 Å². The SMILES string of the molecule is CCN1C(=O)c2cccc3c(NC(=O)Cc4ccc(OC)cc4)ccc1c23. The van der Waals surface area contributed by atoms with Gasteiger partial charge in [0.2, 0.25) is 5.91 Å². The first-order chi connectivity index (χ1) is 13.1. The minimum absolute atomic E-state index is 0.0137. The molecule has 0 bridgehead atoms. The monoisotopic (exact) mass is 360 g/mol. The Hall–Kier alpha value is -3.34. The number of carbonyl (C=O) groups excluding carboxylic acids is 2. The number of hydrogen-bond donors (Lipinski definition) is 1. The molecule has 0 spiro atoms. The van der Waals surface area contributed by atoms with Crippen molar-refractivity contribution in [3.05, 3.63) is 65.7 Å². The van der Waals surface area contributed by atoms with E-state index in [1.165, 1.54) is 0 Å². The summed E-state index contributed by atoms with van der Waals surface area (Å²) in [6, 6.07) is 16.9. The van der Waals surface area contributed by atoms with Gasteiger partial charge in [0.25, 0.3) is 5.91 Å². The summed E-state index contributed by atoms with van der Waals surface area (Å²) in [5, 5.41) is 4.79. The van der Waals surface area contributed by atoms with Gasteiger partial charge in [-0.05, 0) is 42.8 Å². The van der Waals surface area contributed by atoms with Crippen molar-refractivity contribution in [2.45, 2.75) is 13.3 Å². The van der Waals surface area contributed by atoms with E-state index in [0.717, 1.165) is 33.5 Å². The molecule has 1 N–H and O–H groups in total. The lowest BCUT2D eigenvalue weighted by molar-refractivity contribution is -0.115. The van der Waals surface area contributed by atoms with Crippen molar-refractivity contribution in [1.82, 2.24) is 0 Å². The second kappa shape index (κ2) is 6.76. The molecule has 0 atom stereocenters. The van der Waals surface area contributed by atoms with Gasteiger partial charge in [0.1, 0.15) is 5.75 Å². The normalized spacial score (nSPS) is 12.5. The summed E-state index contributed by atoms with van der Waals surface area (Å²) in [6.07, 6.45) is 0.271. The Morgan fingerprint density at radius 1 is 1.07 bits per heavy atom. The van der Waals surface area contributed by atoms with E-state index in [0.29, 0.717) is 12.1 Å². The van der Waals surface area contributed by atoms with Gasteiger partial charge in [0.15, 0.2) is 0 Å². The van der Waals surface area contributed by atoms with Crippen LogP contribution >= 0.6 is 0 Å². The largest absolute Gasteiger partial charge is 0.497 e. The van der Waals surface area contributed by atoms with Crippen LogP contribution in [0.3, 0.4) is 0 Å². The molecule has 4 rings (SSSR count). The van der Waals surface area contributed by atoms with E-state index in [9.17, 15) is 9.59 Å². The average Bonchev–Trinajstić information content (AvgIpc) is 2.97. The van der Waals surface area contributed by atoms with Crippen LogP contribution < -0.4 is 15.0 Å². The van der Waals surface area contributed by atoms with E-state index >= 15 is 0 Å². The Bertz CT molecular complexity index is 1040. The molecule has 1 aliphatic heterocycles. The zero-order chi connectivity index (χ0) is 19.0. The topological polar surface area (TPSA) is 58.6 Å². The molecule has 0 saturated heterocycles. The van der Waals surface area contributed by atoms with Crippen molar-refractivity contribution in [2.24, 2.45) is 0 Å². The lowest BCUT2D eigenvalue weighted by atomic mass is 10.0. The highest BCUT2D eigenvalue weighted by Crippen LogP contribution is 2.40. The molecule has 0 saturated carbocycles. The highest BCUT2D eigenvalue weighted by molar-refractivity contribution is 6.27. The molecule has 0 aliphatic carbocycles. The van der Waals surface area contributed by atoms with Crippen molar-refractivity contribution >= 4 is 34.0 Å². The lowest BCUT2D eigenvalue weighted by Crippen LogP contribution is -2.25. The van der Waals surface area contributed by atoms with Crippen LogP contribution in [0.25, 0.3) is 10.8 Å². The molecule has 0 aromatic heterocycles. The third-order valence-corrected chi connectivity index (χ3v) is 4.90. The molecule has 3 aromatic carbocycles. The minimum Gasteiger partial charge on any atom is -0.497 e. The summed E-state index contributed by atoms with van der Waals surface area (Å²) < 4.78 is 5.14. The zero-order valence-electron chi connectivity index (χ0n) is 15.3. The van der Waals surface area contributed by atoms with Crippen molar-refractivity contribution in [1.29, 1.82) is 0 Å². The molecule has 5 nitrogen and oxygen atoms in total. The number of amides is 2. The van der Waals surface area contributed by atoms with Gasteiger partial charge in [0.05, 0.1) is 19.2 Å². The molecule has 0 fully saturated rings. The number of anilines is 2. The number of ether oxygens (including phenoxy) is 1. The predicted molar refractivity (Wildman–Crippen MR) is 107 cm³/mol. The summed E-state index contributed by atoms with van der Waals surface area (Å²) in [5.74, 6) is 0.675. The molecule has 0 unspecified atom stereocenters. The number of carbonyl (C=O) groups is 2. The molecule has 0 radical (unpaired) electrons. The Balaban J connectivity index is 1.62. The summed E-state index contributed by atoms with van der Waals surface area (Å²) in [6.45, 7) is 2.58.